The molecule has 1 saturated carbocycles. The third kappa shape index (κ3) is 10.8. The molecule has 2 aromatic carbocycles. The number of carboxylic acid groups (broad SMARTS) is 1. The van der Waals surface area contributed by atoms with Crippen molar-refractivity contribution in [2.75, 3.05) is 43.5 Å². The van der Waals surface area contributed by atoms with E-state index in [0.717, 1.165) is 35.4 Å². The number of nitrogens with one attached hydrogen (secondary N) is 1. The molecular weight excluding hydrogens is 1060 g/mol. The quantitative estimate of drug-likeness (QED) is 0.0381. The predicted octanol–water partition coefficient (Wildman–Crippen LogP) is 7.96. The Hall–Kier alpha value is -7.49. The first kappa shape index (κ1) is 59.1. The van der Waals surface area contributed by atoms with Crippen LogP contribution in [0, 0.1) is 55.2 Å². The summed E-state index contributed by atoms with van der Waals surface area (Å²) < 4.78 is 41.2. The molecule has 4 aromatic rings. The Morgan fingerprint density at radius 2 is 1.56 bits per heavy atom. The second-order valence-electron chi connectivity index (χ2n) is 23.2. The van der Waals surface area contributed by atoms with Crippen LogP contribution in [0.2, 0.25) is 0 Å². The molecule has 440 valence electrons. The smallest absolute Gasteiger partial charge is 0.341 e. The number of allylic oxidation sites excluding steroid dienone is 2. The van der Waals surface area contributed by atoms with Crippen LogP contribution in [-0.4, -0.2) is 133 Å². The number of nitrogens with zero attached hydrogens (tertiary/aromatic N) is 4. The fourth-order valence-corrected chi connectivity index (χ4v) is 12.7. The van der Waals surface area contributed by atoms with Gasteiger partial charge in [-0.1, -0.05) is 45.9 Å². The number of pyridine rings is 2. The largest absolute Gasteiger partial charge is 0.507 e. The lowest BCUT2D eigenvalue weighted by atomic mass is 9.78. The van der Waals surface area contributed by atoms with Gasteiger partial charge in [-0.25, -0.2) is 9.18 Å². The summed E-state index contributed by atoms with van der Waals surface area (Å²) in [5.41, 5.74) is 0.495. The molecule has 21 heteroatoms. The van der Waals surface area contributed by atoms with Crippen LogP contribution < -0.4 is 20.5 Å². The molecular formula is C61H74FN5O15. The zero-order valence-electron chi connectivity index (χ0n) is 47.9. The number of hydrogen-bond acceptors (Lipinski definition) is 17. The Bertz CT molecular complexity index is 3430. The SMILES string of the molecule is CO[C@H]1C=CO[C@@]2(C)Oc3c(C)c(O)c4c(O)c(c(C=NN5CCC(C6CCN(c7c(F)cn8c(=O)c(C(=O)O)cc(C9CC9)c8c7C)C6)CC5)c(O)c4c3C2=O)NC(=O)C(C)=CC=C[C@H](C)[C@H](O)[C@@H](C)[C@@H](O)[C@@H](C)[C@H](OC(C)=O)[C@@H]1C. The van der Waals surface area contributed by atoms with Crippen molar-refractivity contribution in [1.82, 2.24) is 9.41 Å². The zero-order chi connectivity index (χ0) is 59.5. The van der Waals surface area contributed by atoms with Crippen molar-refractivity contribution in [3.05, 3.63) is 98.0 Å². The number of carbonyl (C=O) groups excluding carboxylic acids is 3. The van der Waals surface area contributed by atoms with Crippen LogP contribution in [0.15, 0.2) is 58.3 Å². The van der Waals surface area contributed by atoms with Gasteiger partial charge in [-0.2, -0.15) is 5.10 Å². The number of aryl methyl sites for hydroxylation is 1. The van der Waals surface area contributed by atoms with Gasteiger partial charge >= 0.3 is 17.7 Å². The number of aromatic carboxylic acids is 1. The molecule has 2 saturated heterocycles. The van der Waals surface area contributed by atoms with Crippen molar-refractivity contribution in [1.29, 1.82) is 0 Å². The van der Waals surface area contributed by atoms with Crippen molar-refractivity contribution in [2.24, 2.45) is 40.6 Å². The van der Waals surface area contributed by atoms with Crippen molar-refractivity contribution in [3.63, 3.8) is 0 Å². The maximum absolute atomic E-state index is 16.2. The summed E-state index contributed by atoms with van der Waals surface area (Å²) in [5, 5.41) is 78.0. The minimum Gasteiger partial charge on any atom is -0.507 e. The number of piperidine rings is 1. The third-order valence-corrected chi connectivity index (χ3v) is 17.8. The first-order valence-electron chi connectivity index (χ1n) is 28.0. The van der Waals surface area contributed by atoms with Gasteiger partial charge in [-0.15, -0.1) is 0 Å². The summed E-state index contributed by atoms with van der Waals surface area (Å²) in [6.07, 6.45) is 9.56. The zero-order valence-corrected chi connectivity index (χ0v) is 47.9. The fourth-order valence-electron chi connectivity index (χ4n) is 12.7. The number of phenolic OH excluding ortho intramolecular Hbond substituents is 3. The molecule has 5 bridgehead atoms. The Morgan fingerprint density at radius 1 is 0.878 bits per heavy atom. The predicted molar refractivity (Wildman–Crippen MR) is 303 cm³/mol. The van der Waals surface area contributed by atoms with E-state index in [4.69, 9.17) is 24.0 Å². The van der Waals surface area contributed by atoms with Crippen LogP contribution in [0.3, 0.4) is 0 Å². The molecule has 10 atom stereocenters. The van der Waals surface area contributed by atoms with E-state index in [9.17, 15) is 54.6 Å². The minimum absolute atomic E-state index is 0.0133. The van der Waals surface area contributed by atoms with Crippen LogP contribution >= 0.6 is 0 Å². The number of aliphatic hydroxyl groups excluding tert-OH is 2. The molecule has 5 aliphatic heterocycles. The minimum atomic E-state index is -2.11. The van der Waals surface area contributed by atoms with Gasteiger partial charge in [0.25, 0.3) is 17.2 Å². The number of benzene rings is 2. The maximum Gasteiger partial charge on any atom is 0.341 e. The summed E-state index contributed by atoms with van der Waals surface area (Å²) in [6.45, 7) is 16.2. The van der Waals surface area contributed by atoms with Crippen molar-refractivity contribution in [3.8, 4) is 23.0 Å². The molecule has 7 N–H and O–H groups in total. The number of anilines is 2. The van der Waals surface area contributed by atoms with Gasteiger partial charge in [0.05, 0.1) is 70.4 Å². The highest BCUT2D eigenvalue weighted by molar-refractivity contribution is 6.24. The molecule has 0 spiro atoms. The van der Waals surface area contributed by atoms with Gasteiger partial charge in [0, 0.05) is 87.3 Å². The second-order valence-corrected chi connectivity index (χ2v) is 23.2. The van der Waals surface area contributed by atoms with Crippen LogP contribution in [0.5, 0.6) is 23.0 Å². The first-order valence-corrected chi connectivity index (χ1v) is 28.0. The van der Waals surface area contributed by atoms with Gasteiger partial charge in [0.2, 0.25) is 0 Å². The number of hydrogen-bond donors (Lipinski definition) is 7. The average Bonchev–Trinajstić information content (AvgIpc) is 2.57. The highest BCUT2D eigenvalue weighted by Gasteiger charge is 2.50. The lowest BCUT2D eigenvalue weighted by Gasteiger charge is -2.38. The van der Waals surface area contributed by atoms with Gasteiger partial charge < -0.3 is 59.8 Å². The Morgan fingerprint density at radius 3 is 2.21 bits per heavy atom. The average molecular weight is 1140 g/mol. The number of phenols is 3. The summed E-state index contributed by atoms with van der Waals surface area (Å²) in [5.74, 6) is -10.4. The Labute approximate surface area is 474 Å². The molecule has 20 nitrogen and oxygen atoms in total. The van der Waals surface area contributed by atoms with Crippen LogP contribution in [0.4, 0.5) is 15.8 Å². The fraction of sp³-hybridized carbons (Fsp3) is 0.508. The maximum atomic E-state index is 16.2. The number of ketones is 1. The molecule has 3 fully saturated rings. The van der Waals surface area contributed by atoms with E-state index < -0.39 is 106 Å². The normalized spacial score (nSPS) is 27.8. The molecule has 0 radical (unpaired) electrons. The second kappa shape index (κ2) is 23.0. The van der Waals surface area contributed by atoms with E-state index in [1.807, 2.05) is 4.90 Å². The number of fused-ring (bicyclic) bond motifs is 15. The molecule has 1 unspecified atom stereocenters. The number of carboxylic acids is 1. The summed E-state index contributed by atoms with van der Waals surface area (Å²) in [4.78, 5) is 68.6. The van der Waals surface area contributed by atoms with Gasteiger partial charge in [-0.05, 0) is 93.9 Å². The monoisotopic (exact) mass is 1140 g/mol. The molecule has 2 aromatic heterocycles. The summed E-state index contributed by atoms with van der Waals surface area (Å²) in [7, 11) is 1.42. The third-order valence-electron chi connectivity index (χ3n) is 17.8. The number of amides is 1. The number of hydrazone groups is 1. The lowest BCUT2D eigenvalue weighted by molar-refractivity contribution is -0.160. The Balaban J connectivity index is 1.03. The number of rotatable bonds is 8. The molecule has 6 aliphatic rings. The number of aromatic hydroxyl groups is 3. The van der Waals surface area contributed by atoms with E-state index in [2.05, 4.69) is 5.32 Å². The molecule has 1 aliphatic carbocycles. The van der Waals surface area contributed by atoms with E-state index in [0.29, 0.717) is 55.8 Å². The standard InChI is InChI=1S/C61H74FN5O15/c1-28-12-11-13-29(2)58(75)64-47-41(25-63-66-21-17-36(18-22-66)38-16-20-65(26-38)49-31(4)48-39(37-14-15-37)24-40(60(77)78)59(76)67(48)27-42(49)62)53(72)44-45(54(47)73)52(71)34(7)56-46(44)57(74)61(9,82-56)80-23-19-43(79-10)30(3)55(81-35(8)68)33(6)51(70)32(5)50(28)69/h11-13,19,23-25,27-28,30,32-33,36-38,43,50-51,55,69-73H,14-18,20-22,26H2,1-10H3,(H,64,75)(H,77,78)/t28-,30+,32+,33+,38?,43-,50-,51+,55+,61-/m0/s1. The lowest BCUT2D eigenvalue weighted by Crippen LogP contribution is -2.46. The molecule has 10 rings (SSSR count). The molecule has 82 heavy (non-hydrogen) atoms. The number of esters is 1. The summed E-state index contributed by atoms with van der Waals surface area (Å²) >= 11 is 0. The van der Waals surface area contributed by atoms with Gasteiger partial charge in [-0.3, -0.25) is 28.6 Å². The number of halogens is 1. The number of ether oxygens (including phenoxy) is 4. The molecule has 7 heterocycles. The van der Waals surface area contributed by atoms with E-state index >= 15 is 4.39 Å². The number of Topliss-reactive ketones (excluding diaryl/α,β-unsaturated/α-hetero) is 1. The van der Waals surface area contributed by atoms with Crippen molar-refractivity contribution < 1.29 is 73.2 Å². The van der Waals surface area contributed by atoms with E-state index in [1.54, 1.807) is 51.8 Å². The number of aliphatic hydroxyl groups is 2. The van der Waals surface area contributed by atoms with Crippen LogP contribution in [-0.2, 0) is 23.8 Å². The highest BCUT2D eigenvalue weighted by atomic mass is 19.1. The van der Waals surface area contributed by atoms with E-state index in [-0.39, 0.29) is 67.8 Å². The Kier molecular flexibility index (Phi) is 16.6. The van der Waals surface area contributed by atoms with Crippen molar-refractivity contribution in [2.45, 2.75) is 131 Å². The highest BCUT2D eigenvalue weighted by Crippen LogP contribution is 2.55. The van der Waals surface area contributed by atoms with Crippen molar-refractivity contribution >= 4 is 57.5 Å². The van der Waals surface area contributed by atoms with Crippen LogP contribution in [0.25, 0.3) is 16.3 Å². The van der Waals surface area contributed by atoms with Crippen LogP contribution in [0.1, 0.15) is 129 Å². The number of aromatic nitrogens is 1. The number of carbonyl (C=O) groups is 4. The summed E-state index contributed by atoms with van der Waals surface area (Å²) in [6, 6.07) is 1.45. The molecule has 1 amide bonds. The number of methoxy groups -OCH3 is 1. The first-order chi connectivity index (χ1) is 38.8. The van der Waals surface area contributed by atoms with Gasteiger partial charge in [0.1, 0.15) is 28.9 Å². The van der Waals surface area contributed by atoms with Gasteiger partial charge in [0.15, 0.2) is 11.6 Å². The van der Waals surface area contributed by atoms with E-state index in [1.165, 1.54) is 65.5 Å². The topological polar surface area (TPSA) is 279 Å².